The van der Waals surface area contributed by atoms with E-state index in [-0.39, 0.29) is 16.3 Å². The zero-order valence-corrected chi connectivity index (χ0v) is 11.8. The Morgan fingerprint density at radius 2 is 2.22 bits per heavy atom. The lowest BCUT2D eigenvalue weighted by atomic mass is 10.4. The molecular formula is C10H15NO5S2. The predicted molar refractivity (Wildman–Crippen MR) is 67.6 cm³/mol. The number of hydrogen-bond donors (Lipinski definition) is 1. The van der Waals surface area contributed by atoms with Crippen molar-refractivity contribution in [2.45, 2.75) is 11.1 Å². The van der Waals surface area contributed by atoms with Crippen LogP contribution in [0.1, 0.15) is 17.3 Å². The molecule has 0 spiro atoms. The number of hydrogen-bond acceptors (Lipinski definition) is 5. The normalized spacial score (nSPS) is 11.9. The van der Waals surface area contributed by atoms with Gasteiger partial charge in [0, 0.05) is 25.6 Å². The molecule has 1 heterocycles. The zero-order valence-electron chi connectivity index (χ0n) is 10.1. The number of rotatable bonds is 7. The van der Waals surface area contributed by atoms with Gasteiger partial charge in [-0.3, -0.25) is 0 Å². The number of carboxylic acid groups (broad SMARTS) is 1. The molecule has 0 aliphatic carbocycles. The minimum Gasteiger partial charge on any atom is -0.478 e. The van der Waals surface area contributed by atoms with E-state index in [9.17, 15) is 13.2 Å². The second-order valence-electron chi connectivity index (χ2n) is 3.45. The molecule has 0 aliphatic heterocycles. The minimum atomic E-state index is -3.63. The van der Waals surface area contributed by atoms with Crippen LogP contribution in [0.2, 0.25) is 0 Å². The van der Waals surface area contributed by atoms with Crippen LogP contribution in [0.4, 0.5) is 0 Å². The Labute approximate surface area is 110 Å². The highest BCUT2D eigenvalue weighted by molar-refractivity contribution is 7.91. The Balaban J connectivity index is 2.99. The van der Waals surface area contributed by atoms with E-state index in [0.717, 1.165) is 11.3 Å². The van der Waals surface area contributed by atoms with Gasteiger partial charge in [0.1, 0.15) is 4.21 Å². The largest absolute Gasteiger partial charge is 0.478 e. The van der Waals surface area contributed by atoms with Crippen LogP contribution in [0.15, 0.2) is 15.7 Å². The molecule has 1 N–H and O–H groups in total. The first kappa shape index (κ1) is 15.1. The third-order valence-corrected chi connectivity index (χ3v) is 5.70. The summed E-state index contributed by atoms with van der Waals surface area (Å²) in [5.41, 5.74) is -0.0126. The molecule has 6 nitrogen and oxygen atoms in total. The van der Waals surface area contributed by atoms with E-state index >= 15 is 0 Å². The van der Waals surface area contributed by atoms with Gasteiger partial charge in [0.15, 0.2) is 0 Å². The van der Waals surface area contributed by atoms with Crippen molar-refractivity contribution in [1.82, 2.24) is 4.31 Å². The number of aromatic carboxylic acids is 1. The van der Waals surface area contributed by atoms with Crippen molar-refractivity contribution < 1.29 is 23.1 Å². The number of likely N-dealkylation sites (N-methyl/N-ethyl adjacent to an activating group) is 1. The molecule has 0 fully saturated rings. The fourth-order valence-corrected chi connectivity index (χ4v) is 4.07. The summed E-state index contributed by atoms with van der Waals surface area (Å²) in [7, 11) is -2.13. The monoisotopic (exact) mass is 293 g/mol. The van der Waals surface area contributed by atoms with Crippen LogP contribution in [-0.2, 0) is 14.8 Å². The van der Waals surface area contributed by atoms with E-state index in [1.54, 1.807) is 6.92 Å². The highest BCUT2D eigenvalue weighted by atomic mass is 32.2. The molecule has 0 aliphatic rings. The molecular weight excluding hydrogens is 278 g/mol. The smallest absolute Gasteiger partial charge is 0.336 e. The maximum Gasteiger partial charge on any atom is 0.336 e. The van der Waals surface area contributed by atoms with Crippen LogP contribution in [0.25, 0.3) is 0 Å². The van der Waals surface area contributed by atoms with Gasteiger partial charge in [-0.2, -0.15) is 4.31 Å². The molecule has 1 rings (SSSR count). The number of carbonyl (C=O) groups is 1. The number of carboxylic acids is 1. The second kappa shape index (κ2) is 6.28. The average molecular weight is 293 g/mol. The number of ether oxygens (including phenoxy) is 1. The van der Waals surface area contributed by atoms with Gasteiger partial charge in [0.25, 0.3) is 10.0 Å². The summed E-state index contributed by atoms with van der Waals surface area (Å²) in [5, 5.41) is 10.1. The SMILES string of the molecule is CCN(CCOC)S(=O)(=O)c1cc(C(=O)O)cs1. The lowest BCUT2D eigenvalue weighted by Gasteiger charge is -2.18. The molecule has 8 heteroatoms. The van der Waals surface area contributed by atoms with E-state index < -0.39 is 16.0 Å². The Kier molecular flexibility index (Phi) is 5.27. The van der Waals surface area contributed by atoms with Crippen molar-refractivity contribution in [3.8, 4) is 0 Å². The highest BCUT2D eigenvalue weighted by Crippen LogP contribution is 2.23. The van der Waals surface area contributed by atoms with Gasteiger partial charge in [-0.25, -0.2) is 13.2 Å². The van der Waals surface area contributed by atoms with E-state index in [4.69, 9.17) is 9.84 Å². The number of nitrogens with zero attached hydrogens (tertiary/aromatic N) is 1. The first-order valence-electron chi connectivity index (χ1n) is 5.24. The minimum absolute atomic E-state index is 0.0126. The van der Waals surface area contributed by atoms with E-state index in [0.29, 0.717) is 13.2 Å². The number of methoxy groups -OCH3 is 1. The van der Waals surface area contributed by atoms with Crippen molar-refractivity contribution in [3.63, 3.8) is 0 Å². The van der Waals surface area contributed by atoms with Gasteiger partial charge >= 0.3 is 5.97 Å². The summed E-state index contributed by atoms with van der Waals surface area (Å²) in [4.78, 5) is 10.7. The van der Waals surface area contributed by atoms with Crippen molar-refractivity contribution in [2.75, 3.05) is 26.8 Å². The van der Waals surface area contributed by atoms with E-state index in [1.165, 1.54) is 22.9 Å². The maximum atomic E-state index is 12.2. The van der Waals surface area contributed by atoms with Gasteiger partial charge in [-0.15, -0.1) is 11.3 Å². The van der Waals surface area contributed by atoms with Gasteiger partial charge in [-0.05, 0) is 6.07 Å². The fourth-order valence-electron chi connectivity index (χ4n) is 1.33. The Hall–Kier alpha value is -0.960. The quantitative estimate of drug-likeness (QED) is 0.814. The first-order chi connectivity index (χ1) is 8.43. The third-order valence-electron chi connectivity index (χ3n) is 2.31. The molecule has 1 aromatic rings. The average Bonchev–Trinajstić information content (AvgIpc) is 2.79. The first-order valence-corrected chi connectivity index (χ1v) is 7.56. The number of thiophene rings is 1. The van der Waals surface area contributed by atoms with Crippen LogP contribution in [-0.4, -0.2) is 50.6 Å². The van der Waals surface area contributed by atoms with Crippen molar-refractivity contribution >= 4 is 27.3 Å². The molecule has 0 atom stereocenters. The van der Waals surface area contributed by atoms with E-state index in [1.807, 2.05) is 0 Å². The van der Waals surface area contributed by atoms with Crippen LogP contribution in [0.3, 0.4) is 0 Å². The van der Waals surface area contributed by atoms with Crippen LogP contribution < -0.4 is 0 Å². The topological polar surface area (TPSA) is 83.9 Å². The molecule has 1 aromatic heterocycles. The summed E-state index contributed by atoms with van der Waals surface area (Å²) in [6.45, 7) is 2.57. The summed E-state index contributed by atoms with van der Waals surface area (Å²) in [5.74, 6) is -1.13. The van der Waals surface area contributed by atoms with Crippen LogP contribution in [0.5, 0.6) is 0 Å². The Bertz CT molecular complexity index is 508. The molecule has 0 amide bonds. The van der Waals surface area contributed by atoms with Crippen LogP contribution in [0, 0.1) is 0 Å². The summed E-state index contributed by atoms with van der Waals surface area (Å²) in [6.07, 6.45) is 0. The second-order valence-corrected chi connectivity index (χ2v) is 6.53. The molecule has 0 radical (unpaired) electrons. The van der Waals surface area contributed by atoms with Crippen LogP contribution >= 0.6 is 11.3 Å². The predicted octanol–water partition coefficient (Wildman–Crippen LogP) is 1.10. The lowest BCUT2D eigenvalue weighted by molar-refractivity contribution is 0.0697. The molecule has 0 saturated heterocycles. The van der Waals surface area contributed by atoms with Gasteiger partial charge in [0.05, 0.1) is 12.2 Å². The lowest BCUT2D eigenvalue weighted by Crippen LogP contribution is -2.33. The molecule has 18 heavy (non-hydrogen) atoms. The summed E-state index contributed by atoms with van der Waals surface area (Å²) < 4.78 is 30.5. The van der Waals surface area contributed by atoms with Gasteiger partial charge in [-0.1, -0.05) is 6.92 Å². The van der Waals surface area contributed by atoms with E-state index in [2.05, 4.69) is 0 Å². The number of sulfonamides is 1. The maximum absolute atomic E-state index is 12.2. The summed E-state index contributed by atoms with van der Waals surface area (Å²) >= 11 is 0.911. The van der Waals surface area contributed by atoms with Gasteiger partial charge < -0.3 is 9.84 Å². The molecule has 102 valence electrons. The van der Waals surface area contributed by atoms with Crippen molar-refractivity contribution in [1.29, 1.82) is 0 Å². The molecule has 0 unspecified atom stereocenters. The Morgan fingerprint density at radius 1 is 1.56 bits per heavy atom. The molecule has 0 saturated carbocycles. The zero-order chi connectivity index (χ0) is 13.8. The fraction of sp³-hybridized carbons (Fsp3) is 0.500. The standard InChI is InChI=1S/C10H15NO5S2/c1-3-11(4-5-16-2)18(14,15)9-6-8(7-17-9)10(12)13/h6-7H,3-5H2,1-2H3,(H,12,13). The Morgan fingerprint density at radius 3 is 2.67 bits per heavy atom. The third kappa shape index (κ3) is 3.29. The van der Waals surface area contributed by atoms with Gasteiger partial charge in [0.2, 0.25) is 0 Å². The molecule has 0 aromatic carbocycles. The molecule has 0 bridgehead atoms. The van der Waals surface area contributed by atoms with Crippen molar-refractivity contribution in [2.24, 2.45) is 0 Å². The highest BCUT2D eigenvalue weighted by Gasteiger charge is 2.25. The van der Waals surface area contributed by atoms with Crippen molar-refractivity contribution in [3.05, 3.63) is 17.0 Å². The summed E-state index contributed by atoms with van der Waals surface area (Å²) in [6, 6.07) is 1.18.